The van der Waals surface area contributed by atoms with E-state index >= 15 is 0 Å². The largest absolute Gasteiger partial charge is 0.480 e. The van der Waals surface area contributed by atoms with E-state index in [-0.39, 0.29) is 0 Å². The summed E-state index contributed by atoms with van der Waals surface area (Å²) in [5.74, 6) is -1.74. The van der Waals surface area contributed by atoms with Gasteiger partial charge in [0.1, 0.15) is 0 Å². The maximum atomic E-state index is 11.9. The van der Waals surface area contributed by atoms with Gasteiger partial charge in [0.25, 0.3) is 0 Å². The van der Waals surface area contributed by atoms with Crippen LogP contribution in [0.1, 0.15) is 39.0 Å². The van der Waals surface area contributed by atoms with E-state index in [0.29, 0.717) is 12.8 Å². The summed E-state index contributed by atoms with van der Waals surface area (Å²) < 4.78 is 0. The fraction of sp³-hybridized carbons (Fsp3) is 0.818. The Morgan fingerprint density at radius 3 is 2.24 bits per heavy atom. The Morgan fingerprint density at radius 1 is 1.29 bits per heavy atom. The molecule has 0 bridgehead atoms. The van der Waals surface area contributed by atoms with Gasteiger partial charge in [-0.15, -0.1) is 0 Å². The molecule has 1 fully saturated rings. The number of aliphatic carboxylic acids is 1. The zero-order chi connectivity index (χ0) is 13.1. The Kier molecular flexibility index (Phi) is 4.47. The number of nitrogens with two attached hydrogens (primary N) is 1. The van der Waals surface area contributed by atoms with Crippen LogP contribution in [0.5, 0.6) is 0 Å². The van der Waals surface area contributed by atoms with Gasteiger partial charge in [-0.25, -0.2) is 4.79 Å². The van der Waals surface area contributed by atoms with Crippen LogP contribution in [0.15, 0.2) is 0 Å². The topological polar surface area (TPSA) is 113 Å². The molecule has 0 aromatic heterocycles. The summed E-state index contributed by atoms with van der Waals surface area (Å²) in [6.07, 6.45) is 2.76. The fourth-order valence-electron chi connectivity index (χ4n) is 2.08. The van der Waals surface area contributed by atoms with Gasteiger partial charge >= 0.3 is 5.97 Å². The number of carbonyl (C=O) groups excluding carboxylic acids is 1. The number of hydrogen-bond acceptors (Lipinski definition) is 4. The number of carbonyl (C=O) groups is 2. The van der Waals surface area contributed by atoms with E-state index in [1.54, 1.807) is 0 Å². The predicted octanol–water partition coefficient (Wildman–Crippen LogP) is -0.402. The molecule has 0 aromatic carbocycles. The van der Waals surface area contributed by atoms with Crippen molar-refractivity contribution in [1.29, 1.82) is 0 Å². The molecule has 0 spiro atoms. The number of carboxylic acid groups (broad SMARTS) is 1. The second-order valence-corrected chi connectivity index (χ2v) is 4.75. The van der Waals surface area contributed by atoms with Crippen LogP contribution in [0, 0.1) is 0 Å². The minimum atomic E-state index is -1.30. The number of nitrogens with one attached hydrogen (secondary N) is 1. The molecule has 1 saturated carbocycles. The summed E-state index contributed by atoms with van der Waals surface area (Å²) in [5.41, 5.74) is 4.98. The molecule has 1 aliphatic rings. The maximum absolute atomic E-state index is 11.9. The van der Waals surface area contributed by atoms with Crippen LogP contribution in [-0.4, -0.2) is 39.8 Å². The van der Waals surface area contributed by atoms with Crippen molar-refractivity contribution in [2.24, 2.45) is 5.73 Å². The van der Waals surface area contributed by atoms with E-state index in [1.165, 1.54) is 6.92 Å². The lowest BCUT2D eigenvalue weighted by molar-refractivity contribution is -0.146. The number of rotatable bonds is 4. The predicted molar refractivity (Wildman–Crippen MR) is 61.3 cm³/mol. The third kappa shape index (κ3) is 3.41. The average molecular weight is 244 g/mol. The minimum absolute atomic E-state index is 0.481. The molecule has 6 nitrogen and oxygen atoms in total. The van der Waals surface area contributed by atoms with Crippen LogP contribution in [0.2, 0.25) is 0 Å². The number of carboxylic acids is 1. The molecule has 17 heavy (non-hydrogen) atoms. The Balaban J connectivity index is 2.66. The summed E-state index contributed by atoms with van der Waals surface area (Å²) in [6, 6.07) is -1.30. The quantitative estimate of drug-likeness (QED) is 0.537. The number of aliphatic hydroxyl groups excluding tert-OH is 1. The molecule has 0 aliphatic heterocycles. The Morgan fingerprint density at radius 2 is 1.82 bits per heavy atom. The lowest BCUT2D eigenvalue weighted by Gasteiger charge is -2.33. The normalized spacial score (nSPS) is 22.5. The molecule has 5 N–H and O–H groups in total. The van der Waals surface area contributed by atoms with Gasteiger partial charge in [0.2, 0.25) is 5.91 Å². The lowest BCUT2D eigenvalue weighted by Crippen LogP contribution is -2.60. The molecule has 2 atom stereocenters. The van der Waals surface area contributed by atoms with Crippen molar-refractivity contribution < 1.29 is 19.8 Å². The first-order valence-electron chi connectivity index (χ1n) is 5.87. The summed E-state index contributed by atoms with van der Waals surface area (Å²) in [4.78, 5) is 22.8. The second-order valence-electron chi connectivity index (χ2n) is 4.75. The highest BCUT2D eigenvalue weighted by molar-refractivity contribution is 5.90. The maximum Gasteiger partial charge on any atom is 0.328 e. The van der Waals surface area contributed by atoms with Crippen LogP contribution < -0.4 is 11.1 Å². The van der Waals surface area contributed by atoms with Crippen molar-refractivity contribution in [3.05, 3.63) is 0 Å². The van der Waals surface area contributed by atoms with Gasteiger partial charge in [0.05, 0.1) is 11.6 Å². The van der Waals surface area contributed by atoms with E-state index in [1.807, 2.05) is 0 Å². The highest BCUT2D eigenvalue weighted by atomic mass is 16.4. The minimum Gasteiger partial charge on any atom is -0.480 e. The zero-order valence-electron chi connectivity index (χ0n) is 9.98. The zero-order valence-corrected chi connectivity index (χ0v) is 9.98. The highest BCUT2D eigenvalue weighted by Crippen LogP contribution is 2.26. The number of aliphatic hydroxyl groups is 1. The van der Waals surface area contributed by atoms with Crippen molar-refractivity contribution in [1.82, 2.24) is 5.32 Å². The Labute approximate surface area is 100 Å². The van der Waals surface area contributed by atoms with Gasteiger partial charge < -0.3 is 21.3 Å². The standard InChI is InChI=1S/C11H20N2O4/c1-7(14)8(9(15)16)13-10(17)11(12)5-3-2-4-6-11/h7-8,14H,2-6,12H2,1H3,(H,13,17)(H,15,16)/t7-,8+/m1/s1. The summed E-state index contributed by atoms with van der Waals surface area (Å²) in [6.45, 7) is 1.32. The first-order valence-corrected chi connectivity index (χ1v) is 5.87. The van der Waals surface area contributed by atoms with E-state index in [9.17, 15) is 14.7 Å². The SMILES string of the molecule is C[C@@H](O)[C@H](NC(=O)C1(N)CCCCC1)C(=O)O. The van der Waals surface area contributed by atoms with Gasteiger partial charge in [-0.1, -0.05) is 19.3 Å². The molecular formula is C11H20N2O4. The fourth-order valence-corrected chi connectivity index (χ4v) is 2.08. The van der Waals surface area contributed by atoms with Crippen LogP contribution in [0.4, 0.5) is 0 Å². The average Bonchev–Trinajstić information content (AvgIpc) is 2.25. The summed E-state index contributed by atoms with van der Waals surface area (Å²) in [7, 11) is 0. The number of hydrogen-bond donors (Lipinski definition) is 4. The molecule has 0 unspecified atom stereocenters. The smallest absolute Gasteiger partial charge is 0.328 e. The molecule has 0 aromatic rings. The molecule has 0 heterocycles. The van der Waals surface area contributed by atoms with Gasteiger partial charge in [-0.05, 0) is 19.8 Å². The van der Waals surface area contributed by atoms with Crippen LogP contribution >= 0.6 is 0 Å². The van der Waals surface area contributed by atoms with Gasteiger partial charge in [-0.3, -0.25) is 4.79 Å². The van der Waals surface area contributed by atoms with Crippen molar-refractivity contribution in [3.8, 4) is 0 Å². The van der Waals surface area contributed by atoms with Crippen LogP contribution in [0.25, 0.3) is 0 Å². The molecule has 1 amide bonds. The Hall–Kier alpha value is -1.14. The number of amides is 1. The van der Waals surface area contributed by atoms with E-state index in [2.05, 4.69) is 5.32 Å². The first-order chi connectivity index (χ1) is 7.87. The van der Waals surface area contributed by atoms with Crippen LogP contribution in [-0.2, 0) is 9.59 Å². The van der Waals surface area contributed by atoms with E-state index < -0.39 is 29.6 Å². The highest BCUT2D eigenvalue weighted by Gasteiger charge is 2.38. The van der Waals surface area contributed by atoms with E-state index in [0.717, 1.165) is 19.3 Å². The molecule has 1 rings (SSSR count). The lowest BCUT2D eigenvalue weighted by atomic mass is 9.81. The third-order valence-corrected chi connectivity index (χ3v) is 3.23. The summed E-state index contributed by atoms with van der Waals surface area (Å²) >= 11 is 0. The van der Waals surface area contributed by atoms with Crippen molar-refractivity contribution in [2.45, 2.75) is 56.7 Å². The van der Waals surface area contributed by atoms with Gasteiger partial charge in [-0.2, -0.15) is 0 Å². The molecule has 0 saturated heterocycles. The molecule has 98 valence electrons. The van der Waals surface area contributed by atoms with Gasteiger partial charge in [0.15, 0.2) is 6.04 Å². The van der Waals surface area contributed by atoms with Gasteiger partial charge in [0, 0.05) is 0 Å². The summed E-state index contributed by atoms with van der Waals surface area (Å²) in [5, 5.41) is 20.4. The Bertz CT molecular complexity index is 298. The van der Waals surface area contributed by atoms with Crippen LogP contribution in [0.3, 0.4) is 0 Å². The van der Waals surface area contributed by atoms with E-state index in [4.69, 9.17) is 10.8 Å². The molecule has 1 aliphatic carbocycles. The molecular weight excluding hydrogens is 224 g/mol. The third-order valence-electron chi connectivity index (χ3n) is 3.23. The van der Waals surface area contributed by atoms with Crippen molar-refractivity contribution >= 4 is 11.9 Å². The molecule has 6 heteroatoms. The first kappa shape index (κ1) is 13.9. The molecule has 0 radical (unpaired) electrons. The van der Waals surface area contributed by atoms with Crippen molar-refractivity contribution in [2.75, 3.05) is 0 Å². The van der Waals surface area contributed by atoms with Crippen molar-refractivity contribution in [3.63, 3.8) is 0 Å². The second kappa shape index (κ2) is 5.46. The monoisotopic (exact) mass is 244 g/mol.